The number of carboxylic acid groups (broad SMARTS) is 2. The van der Waals surface area contributed by atoms with Gasteiger partial charge in [-0.05, 0) is 143 Å². The van der Waals surface area contributed by atoms with Crippen molar-refractivity contribution < 1.29 is 19.8 Å². The first-order chi connectivity index (χ1) is 24.8. The zero-order valence-corrected chi connectivity index (χ0v) is 28.2. The lowest BCUT2D eigenvalue weighted by atomic mass is 9.70. The molecule has 252 valence electrons. The van der Waals surface area contributed by atoms with E-state index in [1.807, 2.05) is 48.5 Å². The Balaban J connectivity index is 1.46. The molecule has 4 aliphatic rings. The van der Waals surface area contributed by atoms with Crippen LogP contribution in [-0.4, -0.2) is 48.3 Å². The van der Waals surface area contributed by atoms with E-state index in [1.165, 1.54) is 25.0 Å². The highest BCUT2D eigenvalue weighted by atomic mass is 16.4. The molecule has 0 radical (unpaired) electrons. The zero-order valence-electron chi connectivity index (χ0n) is 28.2. The molecule has 2 aliphatic carbocycles. The highest BCUT2D eigenvalue weighted by Gasteiger charge is 2.52. The molecule has 0 amide bonds. The predicted molar refractivity (Wildman–Crippen MR) is 197 cm³/mol. The summed E-state index contributed by atoms with van der Waals surface area (Å²) in [6.45, 7) is 3.92. The molecule has 4 aromatic rings. The number of nitriles is 2. The summed E-state index contributed by atoms with van der Waals surface area (Å²) in [6, 6.07) is 28.9. The Hall–Kier alpha value is -6.12. The number of hydrogen-bond donors (Lipinski definition) is 2. The molecule has 51 heavy (non-hydrogen) atoms. The van der Waals surface area contributed by atoms with Gasteiger partial charge in [0.2, 0.25) is 0 Å². The van der Waals surface area contributed by atoms with Crippen LogP contribution in [0.25, 0.3) is 34.4 Å². The Morgan fingerprint density at radius 2 is 0.902 bits per heavy atom. The number of benzene rings is 4. The van der Waals surface area contributed by atoms with Gasteiger partial charge in [0.05, 0.1) is 5.41 Å². The van der Waals surface area contributed by atoms with Crippen molar-refractivity contribution >= 4 is 35.5 Å². The maximum absolute atomic E-state index is 11.9. The molecule has 8 nitrogen and oxygen atoms in total. The summed E-state index contributed by atoms with van der Waals surface area (Å²) in [5.74, 6) is -2.57. The largest absolute Gasteiger partial charge is 0.477 e. The fourth-order valence-electron chi connectivity index (χ4n) is 8.73. The minimum absolute atomic E-state index is 0.350. The third-order valence-electron chi connectivity index (χ3n) is 11.1. The molecule has 0 aromatic heterocycles. The van der Waals surface area contributed by atoms with E-state index in [-0.39, 0.29) is 11.1 Å². The van der Waals surface area contributed by atoms with E-state index in [1.54, 1.807) is 0 Å². The second kappa shape index (κ2) is 12.6. The van der Waals surface area contributed by atoms with Crippen molar-refractivity contribution in [3.63, 3.8) is 0 Å². The lowest BCUT2D eigenvalue weighted by Gasteiger charge is -2.34. The lowest BCUT2D eigenvalue weighted by molar-refractivity contribution is -0.133. The van der Waals surface area contributed by atoms with Crippen molar-refractivity contribution in [1.29, 1.82) is 10.5 Å². The van der Waals surface area contributed by atoms with Crippen molar-refractivity contribution in [1.82, 2.24) is 0 Å². The quantitative estimate of drug-likeness (QED) is 0.135. The number of fused-ring (bicyclic) bond motifs is 10. The Morgan fingerprint density at radius 1 is 0.549 bits per heavy atom. The highest BCUT2D eigenvalue weighted by molar-refractivity contribution is 6.00. The summed E-state index contributed by atoms with van der Waals surface area (Å²) in [7, 11) is 0. The highest BCUT2D eigenvalue weighted by Crippen LogP contribution is 2.64. The van der Waals surface area contributed by atoms with Crippen LogP contribution in [0, 0.1) is 22.7 Å². The van der Waals surface area contributed by atoms with Crippen molar-refractivity contribution in [2.45, 2.75) is 43.9 Å². The number of aliphatic carboxylic acids is 2. The first-order valence-corrected chi connectivity index (χ1v) is 17.6. The average Bonchev–Trinajstić information content (AvgIpc) is 3.62. The van der Waals surface area contributed by atoms with Crippen LogP contribution in [-0.2, 0) is 15.0 Å². The van der Waals surface area contributed by atoms with Gasteiger partial charge in [0.15, 0.2) is 0 Å². The number of rotatable bonds is 6. The van der Waals surface area contributed by atoms with Gasteiger partial charge in [0, 0.05) is 37.6 Å². The number of nitrogens with zero attached hydrogens (tertiary/aromatic N) is 4. The smallest absolute Gasteiger partial charge is 0.346 e. The molecule has 1 spiro atoms. The monoisotopic (exact) mass is 672 g/mol. The molecule has 0 saturated carbocycles. The molecule has 2 aliphatic heterocycles. The minimum Gasteiger partial charge on any atom is -0.477 e. The van der Waals surface area contributed by atoms with Crippen LogP contribution in [0.15, 0.2) is 83.9 Å². The summed E-state index contributed by atoms with van der Waals surface area (Å²) in [5.41, 5.74) is 10.3. The summed E-state index contributed by atoms with van der Waals surface area (Å²) < 4.78 is 0. The molecule has 2 N–H and O–H groups in total. The molecule has 0 bridgehead atoms. The number of carboxylic acids is 2. The van der Waals surface area contributed by atoms with Crippen molar-refractivity contribution in [3.05, 3.63) is 117 Å². The molecule has 0 unspecified atom stereocenters. The van der Waals surface area contributed by atoms with Crippen LogP contribution >= 0.6 is 0 Å². The van der Waals surface area contributed by atoms with Gasteiger partial charge in [-0.25, -0.2) is 9.59 Å². The van der Waals surface area contributed by atoms with Gasteiger partial charge in [-0.2, -0.15) is 10.5 Å². The van der Waals surface area contributed by atoms with Crippen molar-refractivity contribution in [2.75, 3.05) is 36.0 Å². The van der Waals surface area contributed by atoms with Gasteiger partial charge in [0.25, 0.3) is 0 Å². The van der Waals surface area contributed by atoms with E-state index in [0.29, 0.717) is 11.1 Å². The first-order valence-electron chi connectivity index (χ1n) is 17.6. The molecular formula is C43H36N4O4. The summed E-state index contributed by atoms with van der Waals surface area (Å²) >= 11 is 0. The number of anilines is 2. The molecule has 2 fully saturated rings. The molecule has 4 aromatic carbocycles. The second-order valence-electron chi connectivity index (χ2n) is 13.9. The third-order valence-corrected chi connectivity index (χ3v) is 11.1. The Labute approximate surface area is 296 Å². The van der Waals surface area contributed by atoms with Gasteiger partial charge < -0.3 is 20.0 Å². The van der Waals surface area contributed by atoms with Crippen LogP contribution in [0.1, 0.15) is 71.9 Å². The molecule has 8 rings (SSSR count). The molecule has 0 atom stereocenters. The maximum atomic E-state index is 11.9. The van der Waals surface area contributed by atoms with Gasteiger partial charge in [0.1, 0.15) is 23.3 Å². The maximum Gasteiger partial charge on any atom is 0.346 e. The summed E-state index contributed by atoms with van der Waals surface area (Å²) in [4.78, 5) is 28.8. The van der Waals surface area contributed by atoms with E-state index in [0.717, 1.165) is 108 Å². The molecule has 2 heterocycles. The van der Waals surface area contributed by atoms with Crippen LogP contribution in [0.5, 0.6) is 0 Å². The summed E-state index contributed by atoms with van der Waals surface area (Å²) in [5, 5.41) is 38.8. The van der Waals surface area contributed by atoms with E-state index in [4.69, 9.17) is 0 Å². The van der Waals surface area contributed by atoms with Gasteiger partial charge in [-0.15, -0.1) is 0 Å². The fourth-order valence-corrected chi connectivity index (χ4v) is 8.73. The van der Waals surface area contributed by atoms with Crippen LogP contribution < -0.4 is 9.80 Å². The van der Waals surface area contributed by atoms with E-state index >= 15 is 0 Å². The average molecular weight is 673 g/mol. The Kier molecular flexibility index (Phi) is 7.96. The molecule has 8 heteroatoms. The lowest BCUT2D eigenvalue weighted by Crippen LogP contribution is -2.31. The second-order valence-corrected chi connectivity index (χ2v) is 13.9. The predicted octanol–water partition coefficient (Wildman–Crippen LogP) is 7.99. The van der Waals surface area contributed by atoms with E-state index < -0.39 is 17.4 Å². The van der Waals surface area contributed by atoms with Crippen molar-refractivity contribution in [3.8, 4) is 34.4 Å². The van der Waals surface area contributed by atoms with E-state index in [2.05, 4.69) is 46.2 Å². The van der Waals surface area contributed by atoms with Gasteiger partial charge in [-0.1, -0.05) is 36.4 Å². The number of hydrogen-bond acceptors (Lipinski definition) is 6. The number of carbonyl (C=O) groups is 2. The fraction of sp³-hybridized carbons (Fsp3) is 0.256. The van der Waals surface area contributed by atoms with Crippen LogP contribution in [0.4, 0.5) is 11.4 Å². The van der Waals surface area contributed by atoms with Gasteiger partial charge in [-0.3, -0.25) is 0 Å². The zero-order chi connectivity index (χ0) is 35.3. The van der Waals surface area contributed by atoms with Crippen LogP contribution in [0.3, 0.4) is 0 Å². The molecular weight excluding hydrogens is 636 g/mol. The normalized spacial score (nSPS) is 17.2. The summed E-state index contributed by atoms with van der Waals surface area (Å²) in [6.07, 6.45) is 9.80. The Bertz CT molecular complexity index is 2120. The SMILES string of the molecule is N#C/C(=C\c1ccc2c(c1)C1(c3cc(/C=C(\C#N)C(=O)O)ccc3-c3ccc(N4CCCCC4)cc31)c1cc(N3CCCCC3)ccc1-2)C(=O)O. The van der Waals surface area contributed by atoms with Crippen molar-refractivity contribution in [2.24, 2.45) is 0 Å². The topological polar surface area (TPSA) is 129 Å². The third kappa shape index (κ3) is 5.18. The first kappa shape index (κ1) is 32.1. The molecule has 2 saturated heterocycles. The number of piperidine rings is 2. The van der Waals surface area contributed by atoms with E-state index in [9.17, 15) is 30.3 Å². The minimum atomic E-state index is -1.28. The Morgan fingerprint density at radius 3 is 1.25 bits per heavy atom. The van der Waals surface area contributed by atoms with Crippen LogP contribution in [0.2, 0.25) is 0 Å². The standard InChI is InChI=1S/C43H36N4O4/c44-25-29(41(48)49)19-27-7-11-33-35-13-9-31(46-15-3-1-4-16-46)23-39(35)43(37(33)21-27)38-22-28(20-30(26-45)42(50)51)8-12-34(38)36-14-10-32(24-40(36)43)47-17-5-2-6-18-47/h7-14,19-24H,1-6,15-18H2,(H,48,49)(H,50,51)/b29-19+,30-20+. The van der Waals surface area contributed by atoms with Gasteiger partial charge >= 0.3 is 11.9 Å².